The summed E-state index contributed by atoms with van der Waals surface area (Å²) in [5, 5.41) is 12.9. The zero-order valence-corrected chi connectivity index (χ0v) is 12.9. The highest BCUT2D eigenvalue weighted by molar-refractivity contribution is 7.89. The normalized spacial score (nSPS) is 18.4. The van der Waals surface area contributed by atoms with E-state index >= 15 is 0 Å². The van der Waals surface area contributed by atoms with E-state index in [0.29, 0.717) is 38.3 Å². The van der Waals surface area contributed by atoms with Crippen LogP contribution in [0, 0.1) is 0 Å². The molecule has 3 N–H and O–H groups in total. The van der Waals surface area contributed by atoms with Gasteiger partial charge >= 0.3 is 0 Å². The Morgan fingerprint density at radius 1 is 1.29 bits per heavy atom. The van der Waals surface area contributed by atoms with E-state index in [1.54, 1.807) is 31.2 Å². The van der Waals surface area contributed by atoms with E-state index in [9.17, 15) is 13.5 Å². The Morgan fingerprint density at radius 3 is 2.57 bits per heavy atom. The van der Waals surface area contributed by atoms with Gasteiger partial charge in [-0.05, 0) is 25.0 Å². The number of para-hydroxylation sites is 1. The lowest BCUT2D eigenvalue weighted by Crippen LogP contribution is -2.47. The second-order valence-electron chi connectivity index (χ2n) is 5.17. The minimum absolute atomic E-state index is 0.0635. The Hall–Kier alpha value is -1.15. The first-order valence-corrected chi connectivity index (χ1v) is 8.57. The SMILES string of the molecule is CCNS(=O)(=O)c1ccccc1NC1(CO)CCOCC1. The first kappa shape index (κ1) is 16.2. The molecular weight excluding hydrogens is 292 g/mol. The van der Waals surface area contributed by atoms with Crippen molar-refractivity contribution in [3.8, 4) is 0 Å². The average Bonchev–Trinajstić information content (AvgIpc) is 2.48. The second-order valence-corrected chi connectivity index (χ2v) is 6.91. The van der Waals surface area contributed by atoms with Crippen LogP contribution < -0.4 is 10.0 Å². The fourth-order valence-corrected chi connectivity index (χ4v) is 3.64. The van der Waals surface area contributed by atoms with Crippen LogP contribution in [0.2, 0.25) is 0 Å². The zero-order valence-electron chi connectivity index (χ0n) is 12.1. The van der Waals surface area contributed by atoms with Crippen molar-refractivity contribution >= 4 is 15.7 Å². The number of sulfonamides is 1. The van der Waals surface area contributed by atoms with Crippen LogP contribution in [0.15, 0.2) is 29.2 Å². The van der Waals surface area contributed by atoms with Crippen molar-refractivity contribution < 1.29 is 18.3 Å². The Balaban J connectivity index is 2.32. The molecule has 118 valence electrons. The van der Waals surface area contributed by atoms with Crippen LogP contribution in [0.5, 0.6) is 0 Å². The molecule has 0 bridgehead atoms. The highest BCUT2D eigenvalue weighted by atomic mass is 32.2. The summed E-state index contributed by atoms with van der Waals surface area (Å²) in [6.07, 6.45) is 1.28. The molecule has 6 nitrogen and oxygen atoms in total. The fraction of sp³-hybridized carbons (Fsp3) is 0.571. The summed E-state index contributed by atoms with van der Waals surface area (Å²) < 4.78 is 32.3. The van der Waals surface area contributed by atoms with Crippen molar-refractivity contribution in [1.29, 1.82) is 0 Å². The molecular formula is C14H22N2O4S. The van der Waals surface area contributed by atoms with Gasteiger partial charge in [0.2, 0.25) is 10.0 Å². The van der Waals surface area contributed by atoms with Gasteiger partial charge in [-0.15, -0.1) is 0 Å². The maximum atomic E-state index is 12.2. The highest BCUT2D eigenvalue weighted by Gasteiger charge is 2.33. The smallest absolute Gasteiger partial charge is 0.242 e. The van der Waals surface area contributed by atoms with Crippen LogP contribution in [-0.2, 0) is 14.8 Å². The van der Waals surface area contributed by atoms with Crippen molar-refractivity contribution in [3.05, 3.63) is 24.3 Å². The zero-order chi connectivity index (χ0) is 15.3. The first-order valence-electron chi connectivity index (χ1n) is 7.08. The van der Waals surface area contributed by atoms with Gasteiger partial charge in [0.1, 0.15) is 4.90 Å². The lowest BCUT2D eigenvalue weighted by molar-refractivity contribution is 0.0379. The minimum Gasteiger partial charge on any atom is -0.394 e. The Morgan fingerprint density at radius 2 is 1.95 bits per heavy atom. The Kier molecular flexibility index (Phi) is 5.21. The van der Waals surface area contributed by atoms with E-state index in [1.165, 1.54) is 0 Å². The number of rotatable bonds is 6. The highest BCUT2D eigenvalue weighted by Crippen LogP contribution is 2.29. The van der Waals surface area contributed by atoms with Gasteiger partial charge < -0.3 is 15.2 Å². The largest absolute Gasteiger partial charge is 0.394 e. The van der Waals surface area contributed by atoms with Crippen molar-refractivity contribution in [3.63, 3.8) is 0 Å². The summed E-state index contributed by atoms with van der Waals surface area (Å²) in [6, 6.07) is 6.74. The van der Waals surface area contributed by atoms with Crippen molar-refractivity contribution in [2.24, 2.45) is 0 Å². The molecule has 0 radical (unpaired) electrons. The summed E-state index contributed by atoms with van der Waals surface area (Å²) >= 11 is 0. The van der Waals surface area contributed by atoms with E-state index in [1.807, 2.05) is 0 Å². The monoisotopic (exact) mass is 314 g/mol. The van der Waals surface area contributed by atoms with Gasteiger partial charge in [-0.2, -0.15) is 0 Å². The molecule has 1 aromatic carbocycles. The average molecular weight is 314 g/mol. The molecule has 1 saturated heterocycles. The molecule has 0 amide bonds. The fourth-order valence-electron chi connectivity index (χ4n) is 2.44. The van der Waals surface area contributed by atoms with E-state index in [4.69, 9.17) is 4.74 Å². The van der Waals surface area contributed by atoms with E-state index in [2.05, 4.69) is 10.0 Å². The molecule has 0 spiro atoms. The van der Waals surface area contributed by atoms with E-state index in [-0.39, 0.29) is 11.5 Å². The third-order valence-electron chi connectivity index (χ3n) is 3.66. The summed E-state index contributed by atoms with van der Waals surface area (Å²) in [7, 11) is -3.55. The van der Waals surface area contributed by atoms with Crippen molar-refractivity contribution in [2.75, 3.05) is 31.7 Å². The third kappa shape index (κ3) is 3.74. The molecule has 2 rings (SSSR count). The molecule has 1 fully saturated rings. The summed E-state index contributed by atoms with van der Waals surface area (Å²) in [5.74, 6) is 0. The molecule has 0 unspecified atom stereocenters. The van der Waals surface area contributed by atoms with Gasteiger partial charge in [0, 0.05) is 19.8 Å². The van der Waals surface area contributed by atoms with Crippen LogP contribution in [0.1, 0.15) is 19.8 Å². The molecule has 0 aliphatic carbocycles. The van der Waals surface area contributed by atoms with Crippen molar-refractivity contribution in [2.45, 2.75) is 30.2 Å². The molecule has 7 heteroatoms. The van der Waals surface area contributed by atoms with Crippen molar-refractivity contribution in [1.82, 2.24) is 4.72 Å². The van der Waals surface area contributed by atoms with Gasteiger partial charge in [0.15, 0.2) is 0 Å². The maximum Gasteiger partial charge on any atom is 0.242 e. The number of hydrogen-bond donors (Lipinski definition) is 3. The lowest BCUT2D eigenvalue weighted by atomic mass is 9.90. The number of aliphatic hydroxyl groups is 1. The van der Waals surface area contributed by atoms with Crippen LogP contribution in [0.3, 0.4) is 0 Å². The van der Waals surface area contributed by atoms with Gasteiger partial charge in [-0.3, -0.25) is 0 Å². The van der Waals surface area contributed by atoms with Crippen LogP contribution in [-0.4, -0.2) is 45.4 Å². The second kappa shape index (κ2) is 6.74. The summed E-state index contributed by atoms with van der Waals surface area (Å²) in [5.41, 5.74) is -0.0230. The molecule has 21 heavy (non-hydrogen) atoms. The van der Waals surface area contributed by atoms with Crippen LogP contribution in [0.4, 0.5) is 5.69 Å². The standard InChI is InChI=1S/C14H22N2O4S/c1-2-15-21(18,19)13-6-4-3-5-12(13)16-14(11-17)7-9-20-10-8-14/h3-6,15-17H,2,7-11H2,1H3. The van der Waals surface area contributed by atoms with Gasteiger partial charge in [0.25, 0.3) is 0 Å². The number of ether oxygens (including phenoxy) is 1. The predicted molar refractivity (Wildman–Crippen MR) is 80.8 cm³/mol. The minimum atomic E-state index is -3.55. The van der Waals surface area contributed by atoms with Crippen LogP contribution in [0.25, 0.3) is 0 Å². The maximum absolute atomic E-state index is 12.2. The molecule has 1 aliphatic rings. The lowest BCUT2D eigenvalue weighted by Gasteiger charge is -2.37. The van der Waals surface area contributed by atoms with Crippen LogP contribution >= 0.6 is 0 Å². The van der Waals surface area contributed by atoms with Gasteiger partial charge in [-0.1, -0.05) is 19.1 Å². The summed E-state index contributed by atoms with van der Waals surface area (Å²) in [4.78, 5) is 0.200. The number of hydrogen-bond acceptors (Lipinski definition) is 5. The molecule has 0 atom stereocenters. The third-order valence-corrected chi connectivity index (χ3v) is 5.27. The first-order chi connectivity index (χ1) is 10.0. The Labute approximate surface area is 125 Å². The molecule has 1 aliphatic heterocycles. The summed E-state index contributed by atoms with van der Waals surface area (Å²) in [6.45, 7) is 3.11. The molecule has 0 aromatic heterocycles. The molecule has 1 heterocycles. The molecule has 0 saturated carbocycles. The number of anilines is 1. The quantitative estimate of drug-likeness (QED) is 0.727. The van der Waals surface area contributed by atoms with Gasteiger partial charge in [-0.25, -0.2) is 13.1 Å². The number of benzene rings is 1. The number of aliphatic hydroxyl groups excluding tert-OH is 1. The Bertz CT molecular complexity index is 568. The number of nitrogens with one attached hydrogen (secondary N) is 2. The van der Waals surface area contributed by atoms with E-state index in [0.717, 1.165) is 0 Å². The molecule has 1 aromatic rings. The predicted octanol–water partition coefficient (Wildman–Crippen LogP) is 0.938. The van der Waals surface area contributed by atoms with Gasteiger partial charge in [0.05, 0.1) is 17.8 Å². The van der Waals surface area contributed by atoms with E-state index < -0.39 is 15.6 Å². The topological polar surface area (TPSA) is 87.7 Å².